The SMILES string of the molecule is CN(c1ccc(F)cc1)c1cc(F)cc(CCN)c1. The minimum absolute atomic E-state index is 0.291. The van der Waals surface area contributed by atoms with Crippen LogP contribution in [0.3, 0.4) is 0 Å². The summed E-state index contributed by atoms with van der Waals surface area (Å²) in [5.74, 6) is -0.588. The fourth-order valence-corrected chi connectivity index (χ4v) is 1.95. The average molecular weight is 262 g/mol. The first-order valence-corrected chi connectivity index (χ1v) is 6.09. The predicted molar refractivity (Wildman–Crippen MR) is 73.6 cm³/mol. The molecule has 19 heavy (non-hydrogen) atoms. The predicted octanol–water partition coefficient (Wildman–Crippen LogP) is 3.23. The molecule has 0 aliphatic heterocycles. The van der Waals surface area contributed by atoms with E-state index in [0.717, 1.165) is 16.9 Å². The maximum Gasteiger partial charge on any atom is 0.125 e. The van der Waals surface area contributed by atoms with Gasteiger partial charge in [0.2, 0.25) is 0 Å². The van der Waals surface area contributed by atoms with Gasteiger partial charge >= 0.3 is 0 Å². The van der Waals surface area contributed by atoms with Crippen molar-refractivity contribution in [3.8, 4) is 0 Å². The summed E-state index contributed by atoms with van der Waals surface area (Å²) >= 11 is 0. The van der Waals surface area contributed by atoms with Crippen LogP contribution >= 0.6 is 0 Å². The van der Waals surface area contributed by atoms with Gasteiger partial charge in [0.05, 0.1) is 0 Å². The van der Waals surface area contributed by atoms with Crippen molar-refractivity contribution in [1.29, 1.82) is 0 Å². The lowest BCUT2D eigenvalue weighted by atomic mass is 10.1. The molecule has 0 radical (unpaired) electrons. The number of hydrogen-bond acceptors (Lipinski definition) is 2. The molecule has 0 saturated carbocycles. The number of benzene rings is 2. The number of halogens is 2. The highest BCUT2D eigenvalue weighted by molar-refractivity contribution is 5.63. The van der Waals surface area contributed by atoms with E-state index >= 15 is 0 Å². The van der Waals surface area contributed by atoms with Crippen LogP contribution in [-0.4, -0.2) is 13.6 Å². The lowest BCUT2D eigenvalue weighted by molar-refractivity contribution is 0.624. The molecule has 2 aromatic carbocycles. The van der Waals surface area contributed by atoms with Gasteiger partial charge in [0.1, 0.15) is 11.6 Å². The molecule has 0 saturated heterocycles. The Kier molecular flexibility index (Phi) is 4.12. The third kappa shape index (κ3) is 3.29. The van der Waals surface area contributed by atoms with Crippen molar-refractivity contribution in [2.24, 2.45) is 5.73 Å². The van der Waals surface area contributed by atoms with Crippen LogP contribution in [0, 0.1) is 11.6 Å². The number of anilines is 2. The summed E-state index contributed by atoms with van der Waals surface area (Å²) in [6.45, 7) is 0.475. The van der Waals surface area contributed by atoms with Crippen LogP contribution in [-0.2, 0) is 6.42 Å². The van der Waals surface area contributed by atoms with E-state index in [1.165, 1.54) is 24.3 Å². The molecule has 0 heterocycles. The Morgan fingerprint density at radius 1 is 0.947 bits per heavy atom. The second-order valence-corrected chi connectivity index (χ2v) is 4.39. The zero-order valence-electron chi connectivity index (χ0n) is 10.7. The molecule has 0 bridgehead atoms. The van der Waals surface area contributed by atoms with Gasteiger partial charge in [0, 0.05) is 18.4 Å². The van der Waals surface area contributed by atoms with Gasteiger partial charge in [-0.1, -0.05) is 0 Å². The van der Waals surface area contributed by atoms with Gasteiger partial charge in [0.15, 0.2) is 0 Å². The molecule has 0 aromatic heterocycles. The quantitative estimate of drug-likeness (QED) is 0.916. The highest BCUT2D eigenvalue weighted by Gasteiger charge is 2.07. The van der Waals surface area contributed by atoms with Gasteiger partial charge in [-0.2, -0.15) is 0 Å². The van der Waals surface area contributed by atoms with Crippen molar-refractivity contribution in [2.75, 3.05) is 18.5 Å². The van der Waals surface area contributed by atoms with E-state index in [0.29, 0.717) is 13.0 Å². The summed E-state index contributed by atoms with van der Waals surface area (Å²) in [5.41, 5.74) is 7.85. The number of nitrogens with two attached hydrogens (primary N) is 1. The van der Waals surface area contributed by atoms with Crippen LogP contribution in [0.1, 0.15) is 5.56 Å². The van der Waals surface area contributed by atoms with E-state index in [1.54, 1.807) is 12.1 Å². The number of hydrogen-bond donors (Lipinski definition) is 1. The maximum absolute atomic E-state index is 13.6. The third-order valence-corrected chi connectivity index (χ3v) is 2.98. The van der Waals surface area contributed by atoms with Gasteiger partial charge in [-0.15, -0.1) is 0 Å². The highest BCUT2D eigenvalue weighted by atomic mass is 19.1. The Morgan fingerprint density at radius 3 is 2.26 bits per heavy atom. The van der Waals surface area contributed by atoms with E-state index < -0.39 is 0 Å². The summed E-state index contributed by atoms with van der Waals surface area (Å²) in [4.78, 5) is 1.81. The summed E-state index contributed by atoms with van der Waals surface area (Å²) in [6.07, 6.45) is 0.627. The standard InChI is InChI=1S/C15H16F2N2/c1-19(14-4-2-12(16)3-5-14)15-9-11(6-7-18)8-13(17)10-15/h2-5,8-10H,6-7,18H2,1H3. The summed E-state index contributed by atoms with van der Waals surface area (Å²) in [6, 6.07) is 10.9. The highest BCUT2D eigenvalue weighted by Crippen LogP contribution is 2.25. The molecule has 2 nitrogen and oxygen atoms in total. The molecule has 0 fully saturated rings. The van der Waals surface area contributed by atoms with E-state index in [-0.39, 0.29) is 11.6 Å². The Morgan fingerprint density at radius 2 is 1.63 bits per heavy atom. The molecule has 2 N–H and O–H groups in total. The second kappa shape index (κ2) is 5.80. The molecule has 0 aliphatic carbocycles. The Bertz CT molecular complexity index is 553. The lowest BCUT2D eigenvalue weighted by Gasteiger charge is -2.20. The minimum Gasteiger partial charge on any atom is -0.345 e. The van der Waals surface area contributed by atoms with Crippen molar-refractivity contribution < 1.29 is 8.78 Å². The first-order chi connectivity index (χ1) is 9.10. The Balaban J connectivity index is 2.32. The lowest BCUT2D eigenvalue weighted by Crippen LogP contribution is -2.11. The van der Waals surface area contributed by atoms with Crippen LogP contribution in [0.15, 0.2) is 42.5 Å². The molecular formula is C15H16F2N2. The maximum atomic E-state index is 13.6. The van der Waals surface area contributed by atoms with Gasteiger partial charge in [-0.25, -0.2) is 8.78 Å². The van der Waals surface area contributed by atoms with Crippen LogP contribution in [0.2, 0.25) is 0 Å². The van der Waals surface area contributed by atoms with Gasteiger partial charge in [-0.3, -0.25) is 0 Å². The first kappa shape index (κ1) is 13.5. The fraction of sp³-hybridized carbons (Fsp3) is 0.200. The summed E-state index contributed by atoms with van der Waals surface area (Å²) in [5, 5.41) is 0. The Hall–Kier alpha value is -1.94. The smallest absolute Gasteiger partial charge is 0.125 e. The van der Waals surface area contributed by atoms with Crippen molar-refractivity contribution in [3.05, 3.63) is 59.7 Å². The van der Waals surface area contributed by atoms with Crippen molar-refractivity contribution in [1.82, 2.24) is 0 Å². The fourth-order valence-electron chi connectivity index (χ4n) is 1.95. The molecule has 0 amide bonds. The molecule has 4 heteroatoms. The molecular weight excluding hydrogens is 246 g/mol. The van der Waals surface area contributed by atoms with Crippen LogP contribution in [0.4, 0.5) is 20.2 Å². The molecule has 0 spiro atoms. The normalized spacial score (nSPS) is 10.5. The van der Waals surface area contributed by atoms with Crippen molar-refractivity contribution in [3.63, 3.8) is 0 Å². The zero-order chi connectivity index (χ0) is 13.8. The van der Waals surface area contributed by atoms with E-state index in [1.807, 2.05) is 18.0 Å². The average Bonchev–Trinajstić information content (AvgIpc) is 2.38. The summed E-state index contributed by atoms with van der Waals surface area (Å²) < 4.78 is 26.5. The van der Waals surface area contributed by atoms with Crippen molar-refractivity contribution in [2.45, 2.75) is 6.42 Å². The van der Waals surface area contributed by atoms with Gasteiger partial charge in [-0.05, 0) is 61.0 Å². The molecule has 0 unspecified atom stereocenters. The van der Waals surface area contributed by atoms with Crippen LogP contribution in [0.25, 0.3) is 0 Å². The topological polar surface area (TPSA) is 29.3 Å². The van der Waals surface area contributed by atoms with E-state index in [9.17, 15) is 8.78 Å². The molecule has 100 valence electrons. The third-order valence-electron chi connectivity index (χ3n) is 2.98. The second-order valence-electron chi connectivity index (χ2n) is 4.39. The number of rotatable bonds is 4. The van der Waals surface area contributed by atoms with Crippen molar-refractivity contribution >= 4 is 11.4 Å². The molecule has 2 aromatic rings. The largest absolute Gasteiger partial charge is 0.345 e. The van der Waals surface area contributed by atoms with E-state index in [2.05, 4.69) is 0 Å². The Labute approximate surface area is 111 Å². The first-order valence-electron chi connectivity index (χ1n) is 6.09. The minimum atomic E-state index is -0.296. The summed E-state index contributed by atoms with van der Waals surface area (Å²) in [7, 11) is 1.81. The molecule has 2 rings (SSSR count). The monoisotopic (exact) mass is 262 g/mol. The van der Waals surface area contributed by atoms with Crippen LogP contribution < -0.4 is 10.6 Å². The van der Waals surface area contributed by atoms with E-state index in [4.69, 9.17) is 5.73 Å². The number of nitrogens with zero attached hydrogens (tertiary/aromatic N) is 1. The van der Waals surface area contributed by atoms with Gasteiger partial charge < -0.3 is 10.6 Å². The van der Waals surface area contributed by atoms with Gasteiger partial charge in [0.25, 0.3) is 0 Å². The zero-order valence-corrected chi connectivity index (χ0v) is 10.7. The molecule has 0 atom stereocenters. The molecule has 0 aliphatic rings. The van der Waals surface area contributed by atoms with Crippen LogP contribution in [0.5, 0.6) is 0 Å².